The molecule has 0 bridgehead atoms. The van der Waals surface area contributed by atoms with Crippen LogP contribution in [0.15, 0.2) is 52.5 Å². The smallest absolute Gasteiger partial charge is 0.409 e. The van der Waals surface area contributed by atoms with Gasteiger partial charge in [0.2, 0.25) is 0 Å². The Kier molecular flexibility index (Phi) is 4.96. The summed E-state index contributed by atoms with van der Waals surface area (Å²) in [5, 5.41) is 1.29. The van der Waals surface area contributed by atoms with Gasteiger partial charge in [0.15, 0.2) is 0 Å². The first-order chi connectivity index (χ1) is 12.7. The van der Waals surface area contributed by atoms with Crippen molar-refractivity contribution in [1.29, 1.82) is 0 Å². The van der Waals surface area contributed by atoms with Gasteiger partial charge in [0.05, 0.1) is 23.7 Å². The van der Waals surface area contributed by atoms with Gasteiger partial charge in [-0.1, -0.05) is 30.0 Å². The molecule has 138 valence electrons. The van der Waals surface area contributed by atoms with Crippen molar-refractivity contribution in [3.8, 4) is 0 Å². The third-order valence-corrected chi connectivity index (χ3v) is 6.47. The van der Waals surface area contributed by atoms with E-state index in [0.29, 0.717) is 18.7 Å². The second-order valence-corrected chi connectivity index (χ2v) is 7.86. The molecule has 2 aromatic rings. The van der Waals surface area contributed by atoms with Crippen LogP contribution >= 0.6 is 11.8 Å². The molecule has 26 heavy (non-hydrogen) atoms. The number of benzene rings is 1. The Bertz CT molecular complexity index is 783. The summed E-state index contributed by atoms with van der Waals surface area (Å²) in [5.41, 5.74) is 1.39. The number of hydrogen-bond donors (Lipinski definition) is 0. The molecule has 6 heteroatoms. The summed E-state index contributed by atoms with van der Waals surface area (Å²) in [7, 11) is 0. The first kappa shape index (κ1) is 17.5. The minimum absolute atomic E-state index is 0.190. The maximum atomic E-state index is 12.0. The summed E-state index contributed by atoms with van der Waals surface area (Å²) in [6, 6.07) is 13.7. The molecule has 1 aromatic heterocycles. The summed E-state index contributed by atoms with van der Waals surface area (Å²) in [6.45, 7) is 7.75. The monoisotopic (exact) mass is 371 g/mol. The summed E-state index contributed by atoms with van der Waals surface area (Å²) in [6.07, 6.45) is 1.99. The molecule has 5 nitrogen and oxygen atoms in total. The van der Waals surface area contributed by atoms with Crippen LogP contribution in [-0.2, 0) is 4.74 Å². The molecule has 2 atom stereocenters. The zero-order chi connectivity index (χ0) is 18.1. The van der Waals surface area contributed by atoms with E-state index < -0.39 is 0 Å². The predicted molar refractivity (Wildman–Crippen MR) is 103 cm³/mol. The Morgan fingerprint density at radius 1 is 1.15 bits per heavy atom. The largest absolute Gasteiger partial charge is 0.450 e. The lowest BCUT2D eigenvalue weighted by Gasteiger charge is -2.41. The molecule has 2 aliphatic rings. The number of amides is 1. The van der Waals surface area contributed by atoms with Gasteiger partial charge in [-0.15, -0.1) is 0 Å². The van der Waals surface area contributed by atoms with E-state index in [1.54, 1.807) is 0 Å². The number of hydrogen-bond acceptors (Lipinski definition) is 4. The zero-order valence-electron chi connectivity index (χ0n) is 15.3. The van der Waals surface area contributed by atoms with E-state index in [0.717, 1.165) is 26.2 Å². The fourth-order valence-corrected chi connectivity index (χ4v) is 5.20. The van der Waals surface area contributed by atoms with E-state index in [1.165, 1.54) is 15.5 Å². The number of nitrogens with zero attached hydrogens (tertiary/aromatic N) is 3. The van der Waals surface area contributed by atoms with E-state index in [9.17, 15) is 4.79 Å². The van der Waals surface area contributed by atoms with Crippen LogP contribution < -0.4 is 0 Å². The number of ether oxygens (including phenoxy) is 1. The van der Waals surface area contributed by atoms with Crippen molar-refractivity contribution in [1.82, 2.24) is 14.4 Å². The SMILES string of the molecule is CCOC(=O)N1CCN(C2c3ccccc3Sc3cccn3C2C)CC1. The Morgan fingerprint density at radius 2 is 1.92 bits per heavy atom. The van der Waals surface area contributed by atoms with Crippen LogP contribution in [-0.4, -0.2) is 53.2 Å². The molecule has 3 heterocycles. The van der Waals surface area contributed by atoms with Crippen molar-refractivity contribution in [2.75, 3.05) is 32.8 Å². The minimum Gasteiger partial charge on any atom is -0.450 e. The van der Waals surface area contributed by atoms with Gasteiger partial charge in [-0.3, -0.25) is 4.90 Å². The van der Waals surface area contributed by atoms with Gasteiger partial charge in [-0.2, -0.15) is 0 Å². The fraction of sp³-hybridized carbons (Fsp3) is 0.450. The quantitative estimate of drug-likeness (QED) is 0.799. The molecule has 2 unspecified atom stereocenters. The summed E-state index contributed by atoms with van der Waals surface area (Å²) < 4.78 is 7.54. The third kappa shape index (κ3) is 3.12. The molecule has 2 aliphatic heterocycles. The second kappa shape index (κ2) is 7.37. The highest BCUT2D eigenvalue weighted by Gasteiger charge is 2.35. The molecule has 0 radical (unpaired) electrons. The van der Waals surface area contributed by atoms with E-state index in [2.05, 4.69) is 59.0 Å². The van der Waals surface area contributed by atoms with Crippen LogP contribution in [0.4, 0.5) is 4.79 Å². The lowest BCUT2D eigenvalue weighted by molar-refractivity contribution is 0.0544. The topological polar surface area (TPSA) is 37.7 Å². The van der Waals surface area contributed by atoms with Gasteiger partial charge >= 0.3 is 6.09 Å². The number of carbonyl (C=O) groups excluding carboxylic acids is 1. The van der Waals surface area contributed by atoms with Gasteiger partial charge in [-0.25, -0.2) is 4.79 Å². The highest BCUT2D eigenvalue weighted by atomic mass is 32.2. The highest BCUT2D eigenvalue weighted by Crippen LogP contribution is 2.45. The van der Waals surface area contributed by atoms with Crippen molar-refractivity contribution in [3.63, 3.8) is 0 Å². The Labute approximate surface area is 158 Å². The zero-order valence-corrected chi connectivity index (χ0v) is 16.1. The van der Waals surface area contributed by atoms with E-state index in [1.807, 2.05) is 23.6 Å². The molecule has 1 aromatic carbocycles. The summed E-state index contributed by atoms with van der Waals surface area (Å²) in [4.78, 5) is 17.7. The molecule has 0 saturated carbocycles. The molecule has 1 fully saturated rings. The van der Waals surface area contributed by atoms with Crippen LogP contribution in [0.3, 0.4) is 0 Å². The Hall–Kier alpha value is -1.92. The summed E-state index contributed by atoms with van der Waals surface area (Å²) in [5.74, 6) is 0. The number of piperazine rings is 1. The van der Waals surface area contributed by atoms with Crippen molar-refractivity contribution >= 4 is 17.9 Å². The maximum absolute atomic E-state index is 12.0. The standard InChI is InChI=1S/C20H25N3O2S/c1-3-25-20(24)22-13-11-21(12-14-22)19-15(2)23-10-6-9-18(23)26-17-8-5-4-7-16(17)19/h4-10,15,19H,3,11-14H2,1-2H3. The average Bonchev–Trinajstić information content (AvgIpc) is 3.08. The van der Waals surface area contributed by atoms with Gasteiger partial charge in [0.1, 0.15) is 0 Å². The van der Waals surface area contributed by atoms with E-state index in [-0.39, 0.29) is 6.09 Å². The normalized spacial score (nSPS) is 23.1. The molecule has 0 N–H and O–H groups in total. The van der Waals surface area contributed by atoms with Crippen LogP contribution in [0.5, 0.6) is 0 Å². The third-order valence-electron chi connectivity index (χ3n) is 5.32. The van der Waals surface area contributed by atoms with Crippen LogP contribution in [0.25, 0.3) is 0 Å². The molecule has 0 aliphatic carbocycles. The lowest BCUT2D eigenvalue weighted by Crippen LogP contribution is -2.50. The molecule has 0 spiro atoms. The van der Waals surface area contributed by atoms with E-state index in [4.69, 9.17) is 4.74 Å². The molecule has 1 saturated heterocycles. The number of aromatic nitrogens is 1. The average molecular weight is 372 g/mol. The van der Waals surface area contributed by atoms with Crippen LogP contribution in [0.1, 0.15) is 31.5 Å². The molecular weight excluding hydrogens is 346 g/mol. The van der Waals surface area contributed by atoms with Crippen molar-refractivity contribution in [2.24, 2.45) is 0 Å². The minimum atomic E-state index is -0.190. The van der Waals surface area contributed by atoms with Crippen molar-refractivity contribution in [2.45, 2.75) is 35.9 Å². The highest BCUT2D eigenvalue weighted by molar-refractivity contribution is 7.99. The maximum Gasteiger partial charge on any atom is 0.409 e. The lowest BCUT2D eigenvalue weighted by atomic mass is 9.97. The Balaban J connectivity index is 1.60. The van der Waals surface area contributed by atoms with E-state index >= 15 is 0 Å². The van der Waals surface area contributed by atoms with Crippen molar-refractivity contribution in [3.05, 3.63) is 48.2 Å². The first-order valence-electron chi connectivity index (χ1n) is 9.28. The van der Waals surface area contributed by atoms with Crippen LogP contribution in [0.2, 0.25) is 0 Å². The van der Waals surface area contributed by atoms with Gasteiger partial charge < -0.3 is 14.2 Å². The number of fused-ring (bicyclic) bond motifs is 2. The number of carbonyl (C=O) groups is 1. The second-order valence-electron chi connectivity index (χ2n) is 6.80. The van der Waals surface area contributed by atoms with Gasteiger partial charge in [-0.05, 0) is 37.6 Å². The fourth-order valence-electron chi connectivity index (χ4n) is 4.04. The molecule has 1 amide bonds. The predicted octanol–water partition coefficient (Wildman–Crippen LogP) is 4.03. The molecular formula is C20H25N3O2S. The summed E-state index contributed by atoms with van der Waals surface area (Å²) >= 11 is 1.85. The van der Waals surface area contributed by atoms with Crippen LogP contribution in [0, 0.1) is 0 Å². The number of rotatable bonds is 2. The van der Waals surface area contributed by atoms with Gasteiger partial charge in [0.25, 0.3) is 0 Å². The first-order valence-corrected chi connectivity index (χ1v) is 10.1. The Morgan fingerprint density at radius 3 is 2.69 bits per heavy atom. The van der Waals surface area contributed by atoms with Crippen molar-refractivity contribution < 1.29 is 9.53 Å². The molecule has 4 rings (SSSR count). The van der Waals surface area contributed by atoms with Gasteiger partial charge in [0, 0.05) is 37.3 Å².